The fourth-order valence-corrected chi connectivity index (χ4v) is 4.37. The van der Waals surface area contributed by atoms with Crippen LogP contribution < -0.4 is 0 Å². The zero-order valence-electron chi connectivity index (χ0n) is 20.2. The fourth-order valence-electron chi connectivity index (χ4n) is 4.37. The van der Waals surface area contributed by atoms with Crippen molar-refractivity contribution in [1.82, 2.24) is 0 Å². The van der Waals surface area contributed by atoms with Gasteiger partial charge in [-0.2, -0.15) is 0 Å². The molecule has 1 heterocycles. The summed E-state index contributed by atoms with van der Waals surface area (Å²) in [5.41, 5.74) is 2.89. The molecule has 3 atom stereocenters. The Hall–Kier alpha value is -2.95. The van der Waals surface area contributed by atoms with Crippen LogP contribution in [-0.4, -0.2) is 29.9 Å². The first kappa shape index (κ1) is 24.7. The Morgan fingerprint density at radius 3 is 2.52 bits per heavy atom. The largest absolute Gasteiger partial charge is 0.457 e. The maximum absolute atomic E-state index is 13.0. The van der Waals surface area contributed by atoms with Gasteiger partial charge in [0.1, 0.15) is 12.2 Å². The molecule has 0 amide bonds. The first-order chi connectivity index (χ1) is 15.6. The second-order valence-corrected chi connectivity index (χ2v) is 9.72. The lowest BCUT2D eigenvalue weighted by atomic mass is 9.69. The van der Waals surface area contributed by atoms with Crippen LogP contribution in [0.15, 0.2) is 59.7 Å². The lowest BCUT2D eigenvalue weighted by Gasteiger charge is -2.34. The molecule has 3 rings (SSSR count). The van der Waals surface area contributed by atoms with Gasteiger partial charge in [-0.05, 0) is 75.5 Å². The van der Waals surface area contributed by atoms with E-state index >= 15 is 0 Å². The highest BCUT2D eigenvalue weighted by atomic mass is 16.6. The molecule has 33 heavy (non-hydrogen) atoms. The van der Waals surface area contributed by atoms with Crippen LogP contribution in [0.3, 0.4) is 0 Å². The second-order valence-electron chi connectivity index (χ2n) is 9.72. The Bertz CT molecular complexity index is 992. The van der Waals surface area contributed by atoms with Gasteiger partial charge in [-0.25, -0.2) is 4.79 Å². The molecule has 1 saturated heterocycles. The molecule has 0 aromatic heterocycles. The van der Waals surface area contributed by atoms with Gasteiger partial charge in [0.05, 0.1) is 17.4 Å². The van der Waals surface area contributed by atoms with E-state index in [1.54, 1.807) is 18.2 Å². The molecule has 0 bridgehead atoms. The molecule has 1 unspecified atom stereocenters. The number of carbonyl (C=O) groups is 3. The Labute approximate surface area is 196 Å². The van der Waals surface area contributed by atoms with Gasteiger partial charge in [0, 0.05) is 6.42 Å². The van der Waals surface area contributed by atoms with Gasteiger partial charge in [0.15, 0.2) is 5.78 Å². The highest BCUT2D eigenvalue weighted by Crippen LogP contribution is 2.45. The minimum atomic E-state index is -1.03. The lowest BCUT2D eigenvalue weighted by molar-refractivity contribution is -0.140. The molecule has 5 heteroatoms. The SMILES string of the molecule is CC(C)=CCC/C(C)=C/[C@H]1OC(=O)CC12C[C@H](OC(=O)c1ccc(C(C)C)cc1)C=CC2=O. The molecule has 1 fully saturated rings. The van der Waals surface area contributed by atoms with Crippen LogP contribution in [0.2, 0.25) is 0 Å². The van der Waals surface area contributed by atoms with Crippen molar-refractivity contribution in [2.45, 2.75) is 78.4 Å². The third-order valence-corrected chi connectivity index (χ3v) is 6.38. The Kier molecular flexibility index (Phi) is 7.72. The van der Waals surface area contributed by atoms with Gasteiger partial charge >= 0.3 is 11.9 Å². The fraction of sp³-hybridized carbons (Fsp3) is 0.464. The number of ketones is 1. The zero-order chi connectivity index (χ0) is 24.2. The number of carbonyl (C=O) groups excluding carboxylic acids is 3. The Balaban J connectivity index is 1.75. The number of allylic oxidation sites excluding steroid dienone is 4. The number of rotatable bonds is 7. The normalized spacial score (nSPS) is 24.8. The quantitative estimate of drug-likeness (QED) is 0.384. The minimum absolute atomic E-state index is 0.00424. The molecule has 0 N–H and O–H groups in total. The predicted molar refractivity (Wildman–Crippen MR) is 128 cm³/mol. The summed E-state index contributed by atoms with van der Waals surface area (Å²) in [4.78, 5) is 37.9. The zero-order valence-corrected chi connectivity index (χ0v) is 20.2. The molecule has 176 valence electrons. The third-order valence-electron chi connectivity index (χ3n) is 6.38. The topological polar surface area (TPSA) is 69.7 Å². The van der Waals surface area contributed by atoms with Gasteiger partial charge < -0.3 is 9.47 Å². The van der Waals surface area contributed by atoms with Gasteiger partial charge in [-0.3, -0.25) is 9.59 Å². The summed E-state index contributed by atoms with van der Waals surface area (Å²) in [6, 6.07) is 7.36. The summed E-state index contributed by atoms with van der Waals surface area (Å²) < 4.78 is 11.3. The summed E-state index contributed by atoms with van der Waals surface area (Å²) >= 11 is 0. The molecule has 0 radical (unpaired) electrons. The van der Waals surface area contributed by atoms with Crippen molar-refractivity contribution in [1.29, 1.82) is 0 Å². The van der Waals surface area contributed by atoms with E-state index in [9.17, 15) is 14.4 Å². The third kappa shape index (κ3) is 5.89. The van der Waals surface area contributed by atoms with E-state index in [-0.39, 0.29) is 18.6 Å². The molecule has 1 aliphatic carbocycles. The number of ether oxygens (including phenoxy) is 2. The predicted octanol–water partition coefficient (Wildman–Crippen LogP) is 5.86. The van der Waals surface area contributed by atoms with Crippen LogP contribution in [0.1, 0.15) is 82.1 Å². The summed E-state index contributed by atoms with van der Waals surface area (Å²) in [6.07, 6.45) is 7.78. The Morgan fingerprint density at radius 2 is 1.88 bits per heavy atom. The van der Waals surface area contributed by atoms with E-state index in [0.717, 1.165) is 24.0 Å². The number of benzene rings is 1. The number of hydrogen-bond donors (Lipinski definition) is 0. The highest BCUT2D eigenvalue weighted by molar-refractivity contribution is 6.00. The molecule has 5 nitrogen and oxygen atoms in total. The summed E-state index contributed by atoms with van der Waals surface area (Å²) in [7, 11) is 0. The van der Waals surface area contributed by atoms with Gasteiger partial charge in [0.25, 0.3) is 0 Å². The van der Waals surface area contributed by atoms with Crippen LogP contribution >= 0.6 is 0 Å². The molecular formula is C28H34O5. The first-order valence-corrected chi connectivity index (χ1v) is 11.6. The average molecular weight is 451 g/mol. The molecule has 1 aromatic carbocycles. The standard InChI is InChI=1S/C28H34O5/c1-18(2)7-6-8-20(5)15-25-28(17-26(30)33-25)16-23(13-14-24(28)29)32-27(31)22-11-9-21(10-12-22)19(3)4/h7,9-15,19,23,25H,6,8,16-17H2,1-5H3/b20-15+/t23-,25-,28?/m1/s1. The molecule has 1 spiro atoms. The van der Waals surface area contributed by atoms with Crippen molar-refractivity contribution in [2.75, 3.05) is 0 Å². The summed E-state index contributed by atoms with van der Waals surface area (Å²) in [5.74, 6) is -0.621. The van der Waals surface area contributed by atoms with Crippen LogP contribution in [0.4, 0.5) is 0 Å². The first-order valence-electron chi connectivity index (χ1n) is 11.6. The van der Waals surface area contributed by atoms with Crippen LogP contribution in [0.5, 0.6) is 0 Å². The smallest absolute Gasteiger partial charge is 0.338 e. The molecule has 1 aliphatic heterocycles. The Morgan fingerprint density at radius 1 is 1.18 bits per heavy atom. The summed E-state index contributed by atoms with van der Waals surface area (Å²) in [5, 5.41) is 0. The van der Waals surface area contributed by atoms with E-state index in [1.165, 1.54) is 11.6 Å². The highest BCUT2D eigenvalue weighted by Gasteiger charge is 2.55. The van der Waals surface area contributed by atoms with Crippen LogP contribution in [-0.2, 0) is 19.1 Å². The monoisotopic (exact) mass is 450 g/mol. The van der Waals surface area contributed by atoms with E-state index in [1.807, 2.05) is 25.1 Å². The van der Waals surface area contributed by atoms with Crippen molar-refractivity contribution in [2.24, 2.45) is 5.41 Å². The molecule has 1 aromatic rings. The van der Waals surface area contributed by atoms with Gasteiger partial charge in [-0.1, -0.05) is 43.2 Å². The average Bonchev–Trinajstić information content (AvgIpc) is 3.05. The van der Waals surface area contributed by atoms with Crippen molar-refractivity contribution < 1.29 is 23.9 Å². The maximum Gasteiger partial charge on any atom is 0.338 e. The van der Waals surface area contributed by atoms with E-state index in [0.29, 0.717) is 11.5 Å². The second kappa shape index (κ2) is 10.3. The number of hydrogen-bond acceptors (Lipinski definition) is 5. The maximum atomic E-state index is 13.0. The van der Waals surface area contributed by atoms with Crippen molar-refractivity contribution in [3.8, 4) is 0 Å². The van der Waals surface area contributed by atoms with E-state index in [4.69, 9.17) is 9.47 Å². The molecule has 2 aliphatic rings. The van der Waals surface area contributed by atoms with E-state index in [2.05, 4.69) is 33.8 Å². The number of cyclic esters (lactones) is 1. The van der Waals surface area contributed by atoms with Gasteiger partial charge in [0.2, 0.25) is 0 Å². The lowest BCUT2D eigenvalue weighted by Crippen LogP contribution is -2.43. The van der Waals surface area contributed by atoms with Crippen molar-refractivity contribution in [3.63, 3.8) is 0 Å². The minimum Gasteiger partial charge on any atom is -0.457 e. The van der Waals surface area contributed by atoms with Crippen molar-refractivity contribution in [3.05, 3.63) is 70.8 Å². The van der Waals surface area contributed by atoms with Crippen molar-refractivity contribution >= 4 is 17.7 Å². The van der Waals surface area contributed by atoms with Gasteiger partial charge in [-0.15, -0.1) is 0 Å². The van der Waals surface area contributed by atoms with E-state index < -0.39 is 29.6 Å². The summed E-state index contributed by atoms with van der Waals surface area (Å²) in [6.45, 7) is 10.3. The van der Waals surface area contributed by atoms with Crippen LogP contribution in [0.25, 0.3) is 0 Å². The molecule has 0 saturated carbocycles. The van der Waals surface area contributed by atoms with Crippen LogP contribution in [0, 0.1) is 5.41 Å². The molecular weight excluding hydrogens is 416 g/mol. The number of esters is 2.